The lowest BCUT2D eigenvalue weighted by Gasteiger charge is -2.04. The number of aromatic nitrogens is 1. The molecule has 2 heterocycles. The first-order chi connectivity index (χ1) is 9.63. The fourth-order valence-corrected chi connectivity index (χ4v) is 3.07. The van der Waals surface area contributed by atoms with Gasteiger partial charge in [0, 0.05) is 23.9 Å². The van der Waals surface area contributed by atoms with Gasteiger partial charge in [0.2, 0.25) is 5.78 Å². The van der Waals surface area contributed by atoms with Crippen LogP contribution in [-0.2, 0) is 0 Å². The van der Waals surface area contributed by atoms with E-state index in [0.29, 0.717) is 24.2 Å². The molecule has 1 N–H and O–H groups in total. The summed E-state index contributed by atoms with van der Waals surface area (Å²) in [5.74, 6) is -0.632. The van der Waals surface area contributed by atoms with E-state index in [4.69, 9.17) is 0 Å². The van der Waals surface area contributed by atoms with Crippen LogP contribution in [-0.4, -0.2) is 23.5 Å². The molecular formula is C14H12F2N2OS. The van der Waals surface area contributed by atoms with Gasteiger partial charge in [-0.15, -0.1) is 11.3 Å². The molecule has 0 aliphatic carbocycles. The zero-order valence-electron chi connectivity index (χ0n) is 10.5. The van der Waals surface area contributed by atoms with E-state index in [0.717, 1.165) is 5.01 Å². The first-order valence-corrected chi connectivity index (χ1v) is 7.14. The number of hydrogen-bond donors (Lipinski definition) is 1. The van der Waals surface area contributed by atoms with Gasteiger partial charge in [-0.05, 0) is 24.3 Å². The molecule has 0 radical (unpaired) electrons. The van der Waals surface area contributed by atoms with Crippen LogP contribution in [0.25, 0.3) is 0 Å². The average Bonchev–Trinajstić information content (AvgIpc) is 3.07. The van der Waals surface area contributed by atoms with Crippen LogP contribution >= 0.6 is 11.3 Å². The van der Waals surface area contributed by atoms with E-state index in [2.05, 4.69) is 10.3 Å². The average molecular weight is 294 g/mol. The zero-order chi connectivity index (χ0) is 14.1. The Hall–Kier alpha value is -1.66. The molecule has 1 aromatic heterocycles. The molecule has 1 fully saturated rings. The second kappa shape index (κ2) is 5.38. The molecule has 0 unspecified atom stereocenters. The number of carbonyl (C=O) groups excluding carboxylic acids is 1. The Kier molecular flexibility index (Phi) is 3.58. The van der Waals surface area contributed by atoms with E-state index in [9.17, 15) is 13.6 Å². The molecule has 0 bridgehead atoms. The fraction of sp³-hybridized carbons (Fsp3) is 0.286. The minimum absolute atomic E-state index is 0.121. The summed E-state index contributed by atoms with van der Waals surface area (Å²) in [6, 6.07) is 5.23. The minimum atomic E-state index is -0.861. The number of ketones is 1. The third-order valence-electron chi connectivity index (χ3n) is 3.24. The predicted octanol–water partition coefficient (Wildman–Crippen LogP) is 2.89. The topological polar surface area (TPSA) is 42.0 Å². The molecule has 0 spiro atoms. The third kappa shape index (κ3) is 2.62. The third-order valence-corrected chi connectivity index (χ3v) is 4.19. The van der Waals surface area contributed by atoms with Gasteiger partial charge in [-0.25, -0.2) is 13.8 Å². The number of nitrogens with one attached hydrogen (secondary N) is 1. The summed E-state index contributed by atoms with van der Waals surface area (Å²) in [6.07, 6.45) is -0.474. The summed E-state index contributed by atoms with van der Waals surface area (Å²) in [6.45, 7) is 0.325. The summed E-state index contributed by atoms with van der Waals surface area (Å²) in [7, 11) is 0. The number of thiazole rings is 1. The lowest BCUT2D eigenvalue weighted by Crippen LogP contribution is -2.14. The molecule has 2 atom stereocenters. The van der Waals surface area contributed by atoms with E-state index in [1.807, 2.05) is 0 Å². The minimum Gasteiger partial charge on any atom is -0.305 e. The van der Waals surface area contributed by atoms with Gasteiger partial charge < -0.3 is 5.32 Å². The Labute approximate surface area is 118 Å². The molecule has 2 aromatic rings. The highest BCUT2D eigenvalue weighted by Crippen LogP contribution is 2.28. The first-order valence-electron chi connectivity index (χ1n) is 6.26. The molecule has 104 valence electrons. The summed E-state index contributed by atoms with van der Waals surface area (Å²) in [5, 5.41) is 5.41. The second-order valence-corrected chi connectivity index (χ2v) is 5.59. The van der Waals surface area contributed by atoms with Gasteiger partial charge in [0.05, 0.1) is 6.04 Å². The van der Waals surface area contributed by atoms with Gasteiger partial charge in [-0.1, -0.05) is 0 Å². The number of benzene rings is 1. The maximum absolute atomic E-state index is 13.1. The number of alkyl halides is 1. The van der Waals surface area contributed by atoms with Gasteiger partial charge in [-0.3, -0.25) is 4.79 Å². The standard InChI is InChI=1S/C14H12F2N2OS/c15-9-3-1-8(2-4-9)13(19)12-7-20-14(18-12)11-5-10(16)6-17-11/h1-4,7,10-11,17H,5-6H2/t10-,11+/m1/s1. The molecule has 1 aliphatic heterocycles. The Morgan fingerprint density at radius 3 is 2.75 bits per heavy atom. The highest BCUT2D eigenvalue weighted by molar-refractivity contribution is 7.10. The van der Waals surface area contributed by atoms with E-state index in [-0.39, 0.29) is 17.6 Å². The van der Waals surface area contributed by atoms with Crippen LogP contribution in [0.4, 0.5) is 8.78 Å². The Morgan fingerprint density at radius 2 is 2.10 bits per heavy atom. The summed E-state index contributed by atoms with van der Waals surface area (Å²) >= 11 is 1.34. The van der Waals surface area contributed by atoms with Gasteiger partial charge in [0.15, 0.2) is 0 Å². The molecule has 0 amide bonds. The van der Waals surface area contributed by atoms with Crippen molar-refractivity contribution >= 4 is 17.1 Å². The van der Waals surface area contributed by atoms with Crippen LogP contribution in [0.15, 0.2) is 29.6 Å². The van der Waals surface area contributed by atoms with Crippen LogP contribution in [0.1, 0.15) is 33.5 Å². The van der Waals surface area contributed by atoms with Crippen molar-refractivity contribution in [1.29, 1.82) is 0 Å². The van der Waals surface area contributed by atoms with Gasteiger partial charge in [-0.2, -0.15) is 0 Å². The van der Waals surface area contributed by atoms with Crippen molar-refractivity contribution in [2.45, 2.75) is 18.6 Å². The quantitative estimate of drug-likeness (QED) is 0.885. The van der Waals surface area contributed by atoms with Crippen molar-refractivity contribution in [1.82, 2.24) is 10.3 Å². The van der Waals surface area contributed by atoms with Crippen molar-refractivity contribution in [3.05, 3.63) is 51.7 Å². The van der Waals surface area contributed by atoms with Crippen molar-refractivity contribution in [2.24, 2.45) is 0 Å². The number of rotatable bonds is 3. The summed E-state index contributed by atoms with van der Waals surface area (Å²) in [4.78, 5) is 16.4. The number of halogens is 2. The molecule has 6 heteroatoms. The first kappa shape index (κ1) is 13.3. The maximum Gasteiger partial charge on any atom is 0.212 e. The number of nitrogens with zero attached hydrogens (tertiary/aromatic N) is 1. The zero-order valence-corrected chi connectivity index (χ0v) is 11.3. The van der Waals surface area contributed by atoms with Crippen LogP contribution < -0.4 is 5.32 Å². The molecule has 1 aliphatic rings. The fourth-order valence-electron chi connectivity index (χ4n) is 2.18. The van der Waals surface area contributed by atoms with Crippen LogP contribution in [0.5, 0.6) is 0 Å². The Morgan fingerprint density at radius 1 is 1.35 bits per heavy atom. The highest BCUT2D eigenvalue weighted by Gasteiger charge is 2.27. The summed E-state index contributed by atoms with van der Waals surface area (Å²) in [5.41, 5.74) is 0.715. The Balaban J connectivity index is 1.79. The molecule has 20 heavy (non-hydrogen) atoms. The van der Waals surface area contributed by atoms with Crippen LogP contribution in [0.3, 0.4) is 0 Å². The SMILES string of the molecule is O=C(c1ccc(F)cc1)c1csc([C@@H]2C[C@@H](F)CN2)n1. The van der Waals surface area contributed by atoms with Crippen molar-refractivity contribution in [2.75, 3.05) is 6.54 Å². The smallest absolute Gasteiger partial charge is 0.212 e. The number of carbonyl (C=O) groups is 1. The van der Waals surface area contributed by atoms with Crippen molar-refractivity contribution < 1.29 is 13.6 Å². The van der Waals surface area contributed by atoms with Gasteiger partial charge in [0.1, 0.15) is 22.7 Å². The largest absolute Gasteiger partial charge is 0.305 e. The van der Waals surface area contributed by atoms with Crippen molar-refractivity contribution in [3.8, 4) is 0 Å². The molecule has 0 saturated carbocycles. The number of hydrogen-bond acceptors (Lipinski definition) is 4. The molecule has 1 saturated heterocycles. The van der Waals surface area contributed by atoms with E-state index in [1.54, 1.807) is 5.38 Å². The van der Waals surface area contributed by atoms with E-state index < -0.39 is 6.17 Å². The molecule has 3 nitrogen and oxygen atoms in total. The van der Waals surface area contributed by atoms with E-state index in [1.165, 1.54) is 35.6 Å². The second-order valence-electron chi connectivity index (χ2n) is 4.70. The summed E-state index contributed by atoms with van der Waals surface area (Å²) < 4.78 is 26.0. The van der Waals surface area contributed by atoms with Gasteiger partial charge >= 0.3 is 0 Å². The van der Waals surface area contributed by atoms with Gasteiger partial charge in [0.25, 0.3) is 0 Å². The monoisotopic (exact) mass is 294 g/mol. The lowest BCUT2D eigenvalue weighted by molar-refractivity contribution is 0.103. The lowest BCUT2D eigenvalue weighted by atomic mass is 10.1. The van der Waals surface area contributed by atoms with Crippen LogP contribution in [0, 0.1) is 5.82 Å². The molecular weight excluding hydrogens is 282 g/mol. The van der Waals surface area contributed by atoms with E-state index >= 15 is 0 Å². The predicted molar refractivity (Wildman–Crippen MR) is 72.2 cm³/mol. The van der Waals surface area contributed by atoms with Crippen LogP contribution in [0.2, 0.25) is 0 Å². The van der Waals surface area contributed by atoms with Crippen molar-refractivity contribution in [3.63, 3.8) is 0 Å². The maximum atomic E-state index is 13.1. The highest BCUT2D eigenvalue weighted by atomic mass is 32.1. The normalized spacial score (nSPS) is 22.1. The molecule has 1 aromatic carbocycles. The Bertz CT molecular complexity index is 626. The molecule has 3 rings (SSSR count).